The smallest absolute Gasteiger partial charge is 0.256 e. The molecule has 0 N–H and O–H groups in total. The van der Waals surface area contributed by atoms with Crippen molar-refractivity contribution < 1.29 is 13.9 Å². The second-order valence-corrected chi connectivity index (χ2v) is 8.06. The molecule has 0 saturated carbocycles. The van der Waals surface area contributed by atoms with Gasteiger partial charge in [-0.2, -0.15) is 0 Å². The van der Waals surface area contributed by atoms with E-state index in [0.717, 1.165) is 37.8 Å². The van der Waals surface area contributed by atoms with Crippen molar-refractivity contribution in [2.45, 2.75) is 32.6 Å². The zero-order valence-electron chi connectivity index (χ0n) is 17.5. The summed E-state index contributed by atoms with van der Waals surface area (Å²) in [6.45, 7) is 8.99. The Morgan fingerprint density at radius 3 is 2.50 bits per heavy atom. The molecule has 2 saturated heterocycles. The van der Waals surface area contributed by atoms with E-state index in [9.17, 15) is 9.18 Å². The van der Waals surface area contributed by atoms with Crippen LogP contribution in [0.1, 0.15) is 29.9 Å². The van der Waals surface area contributed by atoms with Crippen LogP contribution >= 0.6 is 0 Å². The fourth-order valence-corrected chi connectivity index (χ4v) is 4.11. The van der Waals surface area contributed by atoms with E-state index in [4.69, 9.17) is 9.72 Å². The average Bonchev–Trinajstić information content (AvgIpc) is 2.74. The molecule has 30 heavy (non-hydrogen) atoms. The minimum atomic E-state index is -0.467. The lowest BCUT2D eigenvalue weighted by atomic mass is 10.1. The molecule has 2 fully saturated rings. The molecule has 0 bridgehead atoms. The molecule has 0 radical (unpaired) electrons. The molecule has 2 atom stereocenters. The maximum absolute atomic E-state index is 13.9. The molecule has 1 aromatic carbocycles. The summed E-state index contributed by atoms with van der Waals surface area (Å²) in [6, 6.07) is 8.09. The van der Waals surface area contributed by atoms with Gasteiger partial charge in [-0.25, -0.2) is 14.4 Å². The number of amides is 1. The number of morpholine rings is 1. The van der Waals surface area contributed by atoms with Crippen molar-refractivity contribution in [2.24, 2.45) is 0 Å². The zero-order valence-corrected chi connectivity index (χ0v) is 17.5. The van der Waals surface area contributed by atoms with Crippen LogP contribution in [0.2, 0.25) is 0 Å². The molecule has 2 unspecified atom stereocenters. The second-order valence-electron chi connectivity index (χ2n) is 8.06. The molecule has 7 nitrogen and oxygen atoms in total. The third kappa shape index (κ3) is 4.76. The Hall–Kier alpha value is -2.58. The summed E-state index contributed by atoms with van der Waals surface area (Å²) >= 11 is 0. The van der Waals surface area contributed by atoms with Gasteiger partial charge >= 0.3 is 0 Å². The van der Waals surface area contributed by atoms with Gasteiger partial charge in [0.1, 0.15) is 5.82 Å². The van der Waals surface area contributed by atoms with Gasteiger partial charge in [-0.1, -0.05) is 12.1 Å². The second kappa shape index (κ2) is 9.06. The highest BCUT2D eigenvalue weighted by Crippen LogP contribution is 2.18. The summed E-state index contributed by atoms with van der Waals surface area (Å²) in [4.78, 5) is 28.0. The van der Waals surface area contributed by atoms with Crippen molar-refractivity contribution in [3.63, 3.8) is 0 Å². The van der Waals surface area contributed by atoms with Gasteiger partial charge < -0.3 is 14.5 Å². The van der Waals surface area contributed by atoms with Gasteiger partial charge in [0.05, 0.1) is 23.5 Å². The maximum Gasteiger partial charge on any atom is 0.256 e. The Kier molecular flexibility index (Phi) is 6.24. The lowest BCUT2D eigenvalue weighted by molar-refractivity contribution is -0.00575. The van der Waals surface area contributed by atoms with Crippen molar-refractivity contribution in [1.29, 1.82) is 0 Å². The Balaban J connectivity index is 1.34. The third-order valence-electron chi connectivity index (χ3n) is 5.55. The highest BCUT2D eigenvalue weighted by atomic mass is 19.1. The molecule has 3 heterocycles. The first-order valence-corrected chi connectivity index (χ1v) is 10.5. The number of rotatable bonds is 4. The van der Waals surface area contributed by atoms with Gasteiger partial charge in [0.15, 0.2) is 0 Å². The maximum atomic E-state index is 13.9. The van der Waals surface area contributed by atoms with E-state index in [-0.39, 0.29) is 23.7 Å². The molecule has 4 rings (SSSR count). The summed E-state index contributed by atoms with van der Waals surface area (Å²) in [5.41, 5.74) is 1.10. The van der Waals surface area contributed by atoms with Crippen LogP contribution in [0.25, 0.3) is 0 Å². The van der Waals surface area contributed by atoms with E-state index in [1.807, 2.05) is 6.07 Å². The van der Waals surface area contributed by atoms with E-state index in [0.29, 0.717) is 19.6 Å². The minimum absolute atomic E-state index is 0.139. The molecule has 8 heteroatoms. The first-order valence-electron chi connectivity index (χ1n) is 10.5. The molecule has 0 spiro atoms. The molecule has 2 aliphatic heterocycles. The molecular weight excluding hydrogens is 385 g/mol. The number of halogens is 1. The largest absolute Gasteiger partial charge is 0.372 e. The standard InChI is InChI=1S/C22H28FN5O2/c1-16-13-28(14-17(2)30-16)22-24-8-7-18(25-22)15-26-9-11-27(12-10-26)21(29)19-5-3-4-6-20(19)23/h3-8,16-17H,9-15H2,1-2H3. The number of hydrogen-bond donors (Lipinski definition) is 0. The molecule has 1 aromatic heterocycles. The lowest BCUT2D eigenvalue weighted by Gasteiger charge is -2.36. The Labute approximate surface area is 176 Å². The van der Waals surface area contributed by atoms with Gasteiger partial charge in [-0.05, 0) is 32.0 Å². The number of benzene rings is 1. The van der Waals surface area contributed by atoms with Crippen LogP contribution in [0.4, 0.5) is 10.3 Å². The summed E-state index contributed by atoms with van der Waals surface area (Å²) in [7, 11) is 0. The topological polar surface area (TPSA) is 61.8 Å². The monoisotopic (exact) mass is 413 g/mol. The van der Waals surface area contributed by atoms with Crippen molar-refractivity contribution in [2.75, 3.05) is 44.2 Å². The van der Waals surface area contributed by atoms with Crippen LogP contribution in [0.5, 0.6) is 0 Å². The molecule has 1 amide bonds. The average molecular weight is 413 g/mol. The van der Waals surface area contributed by atoms with Crippen LogP contribution in [0.15, 0.2) is 36.5 Å². The predicted octanol–water partition coefficient (Wildman–Crippen LogP) is 2.19. The number of hydrogen-bond acceptors (Lipinski definition) is 6. The molecule has 2 aromatic rings. The fraction of sp³-hybridized carbons (Fsp3) is 0.500. The van der Waals surface area contributed by atoms with Crippen LogP contribution in [-0.4, -0.2) is 77.2 Å². The molecule has 160 valence electrons. The number of carbonyl (C=O) groups excluding carboxylic acids is 1. The number of ether oxygens (including phenoxy) is 1. The number of anilines is 1. The Bertz CT molecular complexity index is 877. The van der Waals surface area contributed by atoms with Gasteiger partial charge in [0, 0.05) is 52.0 Å². The van der Waals surface area contributed by atoms with Crippen LogP contribution in [0.3, 0.4) is 0 Å². The van der Waals surface area contributed by atoms with Crippen LogP contribution in [0, 0.1) is 5.82 Å². The first-order chi connectivity index (χ1) is 14.5. The predicted molar refractivity (Wildman–Crippen MR) is 112 cm³/mol. The van der Waals surface area contributed by atoms with Crippen LogP contribution < -0.4 is 4.90 Å². The Morgan fingerprint density at radius 2 is 1.80 bits per heavy atom. The van der Waals surface area contributed by atoms with Crippen molar-refractivity contribution in [3.8, 4) is 0 Å². The highest BCUT2D eigenvalue weighted by molar-refractivity contribution is 5.94. The van der Waals surface area contributed by atoms with Gasteiger partial charge in [0.25, 0.3) is 5.91 Å². The zero-order chi connectivity index (χ0) is 21.1. The van der Waals surface area contributed by atoms with E-state index in [1.165, 1.54) is 6.07 Å². The number of carbonyl (C=O) groups is 1. The summed E-state index contributed by atoms with van der Waals surface area (Å²) < 4.78 is 19.7. The van der Waals surface area contributed by atoms with Crippen molar-refractivity contribution in [1.82, 2.24) is 19.8 Å². The molecule has 0 aliphatic carbocycles. The van der Waals surface area contributed by atoms with Gasteiger partial charge in [0.2, 0.25) is 5.95 Å². The van der Waals surface area contributed by atoms with E-state index in [1.54, 1.807) is 29.3 Å². The minimum Gasteiger partial charge on any atom is -0.372 e. The summed E-state index contributed by atoms with van der Waals surface area (Å²) in [6.07, 6.45) is 2.11. The van der Waals surface area contributed by atoms with E-state index < -0.39 is 5.82 Å². The first kappa shape index (κ1) is 20.7. The molecule has 2 aliphatic rings. The Morgan fingerprint density at radius 1 is 1.10 bits per heavy atom. The third-order valence-corrected chi connectivity index (χ3v) is 5.55. The normalized spacial score (nSPS) is 22.9. The van der Waals surface area contributed by atoms with E-state index >= 15 is 0 Å². The summed E-state index contributed by atoms with van der Waals surface area (Å²) in [5.74, 6) is 0.0284. The van der Waals surface area contributed by atoms with E-state index in [2.05, 4.69) is 28.6 Å². The van der Waals surface area contributed by atoms with Gasteiger partial charge in [-0.15, -0.1) is 0 Å². The number of nitrogens with zero attached hydrogens (tertiary/aromatic N) is 5. The van der Waals surface area contributed by atoms with Crippen LogP contribution in [-0.2, 0) is 11.3 Å². The fourth-order valence-electron chi connectivity index (χ4n) is 4.11. The highest BCUT2D eigenvalue weighted by Gasteiger charge is 2.26. The summed E-state index contributed by atoms with van der Waals surface area (Å²) in [5, 5.41) is 0. The quantitative estimate of drug-likeness (QED) is 0.766. The van der Waals surface area contributed by atoms with Crippen molar-refractivity contribution in [3.05, 3.63) is 53.6 Å². The number of piperazine rings is 1. The van der Waals surface area contributed by atoms with Crippen molar-refractivity contribution >= 4 is 11.9 Å². The van der Waals surface area contributed by atoms with Gasteiger partial charge in [-0.3, -0.25) is 9.69 Å². The lowest BCUT2D eigenvalue weighted by Crippen LogP contribution is -2.48. The molecular formula is C22H28FN5O2. The number of aromatic nitrogens is 2. The SMILES string of the molecule is CC1CN(c2nccc(CN3CCN(C(=O)c4ccccc4F)CC3)n2)CC(C)O1.